The maximum atomic E-state index is 10.9. The van der Waals surface area contributed by atoms with Crippen molar-refractivity contribution in [1.29, 1.82) is 0 Å². The summed E-state index contributed by atoms with van der Waals surface area (Å²) in [5, 5.41) is 2.91. The van der Waals surface area contributed by atoms with Gasteiger partial charge in [0.1, 0.15) is 14.4 Å². The Balaban J connectivity index is 2.46. The van der Waals surface area contributed by atoms with Crippen LogP contribution < -0.4 is 5.19 Å². The van der Waals surface area contributed by atoms with Crippen LogP contribution in [0.2, 0.25) is 12.6 Å². The lowest BCUT2D eigenvalue weighted by Crippen LogP contribution is -2.50. The van der Waals surface area contributed by atoms with Crippen LogP contribution in [0.5, 0.6) is 0 Å². The van der Waals surface area contributed by atoms with E-state index >= 15 is 0 Å². The predicted octanol–water partition coefficient (Wildman–Crippen LogP) is 3.07. The lowest BCUT2D eigenvalue weighted by molar-refractivity contribution is -0.104. The highest BCUT2D eigenvalue weighted by atomic mass is 28.3. The van der Waals surface area contributed by atoms with Gasteiger partial charge in [0.2, 0.25) is 0 Å². The average Bonchev–Trinajstić information content (AvgIpc) is 2.35. The minimum absolute atomic E-state index is 0.575. The van der Waals surface area contributed by atoms with Gasteiger partial charge in [-0.15, -0.1) is 0 Å². The molecule has 1 aliphatic rings. The van der Waals surface area contributed by atoms with Gasteiger partial charge in [-0.25, -0.2) is 0 Å². The molecule has 0 radical (unpaired) electrons. The first kappa shape index (κ1) is 12.3. The predicted molar refractivity (Wildman–Crippen MR) is 75.0 cm³/mol. The third kappa shape index (κ3) is 2.27. The Morgan fingerprint density at radius 1 is 1.29 bits per heavy atom. The zero-order valence-electron chi connectivity index (χ0n) is 10.6. The molecule has 1 aromatic rings. The van der Waals surface area contributed by atoms with Crippen molar-refractivity contribution < 1.29 is 4.79 Å². The smallest absolute Gasteiger partial charge is 0.142 e. The summed E-state index contributed by atoms with van der Waals surface area (Å²) >= 11 is 0. The van der Waals surface area contributed by atoms with Crippen LogP contribution in [0.1, 0.15) is 19.8 Å². The lowest BCUT2D eigenvalue weighted by Gasteiger charge is -2.38. The molecule has 0 aliphatic carbocycles. The summed E-state index contributed by atoms with van der Waals surface area (Å²) in [6.45, 7) is 4.68. The second-order valence-electron chi connectivity index (χ2n) is 5.25. The highest BCUT2D eigenvalue weighted by Crippen LogP contribution is 2.36. The maximum absolute atomic E-state index is 10.9. The van der Waals surface area contributed by atoms with Gasteiger partial charge in [0.25, 0.3) is 0 Å². The zero-order chi connectivity index (χ0) is 12.3. The molecule has 0 N–H and O–H groups in total. The van der Waals surface area contributed by atoms with Gasteiger partial charge in [0, 0.05) is 0 Å². The molecule has 2 rings (SSSR count). The number of aldehydes is 1. The monoisotopic (exact) mass is 244 g/mol. The Labute approximate surface area is 105 Å². The first-order valence-corrected chi connectivity index (χ1v) is 9.10. The highest BCUT2D eigenvalue weighted by Gasteiger charge is 2.38. The molecule has 2 unspecified atom stereocenters. The second kappa shape index (κ2) is 5.01. The number of rotatable bonds is 2. The number of allylic oxidation sites excluding steroid dienone is 2. The average molecular weight is 244 g/mol. The van der Waals surface area contributed by atoms with E-state index in [1.54, 1.807) is 0 Å². The van der Waals surface area contributed by atoms with Crippen molar-refractivity contribution in [2.75, 3.05) is 0 Å². The number of hydrogen-bond acceptors (Lipinski definition) is 1. The van der Waals surface area contributed by atoms with Crippen molar-refractivity contribution in [3.05, 3.63) is 41.6 Å². The minimum Gasteiger partial charge on any atom is -0.299 e. The molecule has 1 saturated heterocycles. The van der Waals surface area contributed by atoms with E-state index in [1.165, 1.54) is 29.3 Å². The van der Waals surface area contributed by atoms with Crippen molar-refractivity contribution >= 4 is 19.5 Å². The van der Waals surface area contributed by atoms with Crippen molar-refractivity contribution in [3.63, 3.8) is 0 Å². The topological polar surface area (TPSA) is 17.1 Å². The quantitative estimate of drug-likeness (QED) is 0.444. The first-order chi connectivity index (χ1) is 8.18. The molecule has 0 saturated carbocycles. The van der Waals surface area contributed by atoms with E-state index in [0.29, 0.717) is 5.92 Å². The Hall–Kier alpha value is -1.15. The Morgan fingerprint density at radius 3 is 2.65 bits per heavy atom. The first-order valence-electron chi connectivity index (χ1n) is 6.40. The number of hydrogen-bond donors (Lipinski definition) is 0. The third-order valence-electron chi connectivity index (χ3n) is 4.14. The van der Waals surface area contributed by atoms with Crippen LogP contribution in [0, 0.1) is 5.92 Å². The van der Waals surface area contributed by atoms with Crippen molar-refractivity contribution in [2.45, 2.75) is 32.4 Å². The summed E-state index contributed by atoms with van der Waals surface area (Å²) in [6, 6.07) is 12.1. The molecule has 90 valence electrons. The summed E-state index contributed by atoms with van der Waals surface area (Å²) < 4.78 is 0. The van der Waals surface area contributed by atoms with E-state index in [4.69, 9.17) is 0 Å². The van der Waals surface area contributed by atoms with Gasteiger partial charge in [0.05, 0.1) is 0 Å². The Morgan fingerprint density at radius 2 is 2.00 bits per heavy atom. The molecule has 17 heavy (non-hydrogen) atoms. The normalized spacial score (nSPS) is 31.4. The van der Waals surface area contributed by atoms with Gasteiger partial charge in [-0.2, -0.15) is 0 Å². The summed E-state index contributed by atoms with van der Waals surface area (Å²) in [4.78, 5) is 10.9. The van der Waals surface area contributed by atoms with Crippen molar-refractivity contribution in [1.82, 2.24) is 0 Å². The van der Waals surface area contributed by atoms with E-state index in [1.807, 2.05) is 6.08 Å². The fraction of sp³-hybridized carbons (Fsp3) is 0.400. The van der Waals surface area contributed by atoms with E-state index in [0.717, 1.165) is 6.29 Å². The second-order valence-corrected chi connectivity index (χ2v) is 9.57. The van der Waals surface area contributed by atoms with Gasteiger partial charge < -0.3 is 0 Å². The standard InChI is InChI=1S/C15H20OSi/c1-13-7-6-12-17(2,15(13)10-11-16)14-8-4-3-5-9-14/h3-5,8-11,13H,6-7,12H2,1-2H3/b15-10-. The van der Waals surface area contributed by atoms with Crippen LogP contribution in [0.15, 0.2) is 41.6 Å². The van der Waals surface area contributed by atoms with Crippen LogP contribution in [-0.2, 0) is 4.79 Å². The summed E-state index contributed by atoms with van der Waals surface area (Å²) in [6.07, 6.45) is 5.36. The number of carbonyl (C=O) groups is 1. The highest BCUT2D eigenvalue weighted by molar-refractivity contribution is 6.97. The van der Waals surface area contributed by atoms with Crippen LogP contribution in [0.4, 0.5) is 0 Å². The van der Waals surface area contributed by atoms with Crippen LogP contribution >= 0.6 is 0 Å². The fourth-order valence-corrected chi connectivity index (χ4v) is 7.56. The molecule has 1 fully saturated rings. The van der Waals surface area contributed by atoms with Gasteiger partial charge >= 0.3 is 0 Å². The molecule has 2 atom stereocenters. The third-order valence-corrected chi connectivity index (χ3v) is 9.04. The maximum Gasteiger partial charge on any atom is 0.142 e. The number of benzene rings is 1. The molecular formula is C15H20OSi. The van der Waals surface area contributed by atoms with Gasteiger partial charge in [-0.05, 0) is 24.5 Å². The van der Waals surface area contributed by atoms with Gasteiger partial charge in [-0.1, -0.05) is 60.6 Å². The largest absolute Gasteiger partial charge is 0.299 e. The molecule has 2 heteroatoms. The molecule has 1 aromatic carbocycles. The van der Waals surface area contributed by atoms with Crippen LogP contribution in [-0.4, -0.2) is 14.4 Å². The van der Waals surface area contributed by atoms with Gasteiger partial charge in [-0.3, -0.25) is 4.79 Å². The minimum atomic E-state index is -1.60. The van der Waals surface area contributed by atoms with E-state index in [-0.39, 0.29) is 0 Å². The molecule has 0 bridgehead atoms. The lowest BCUT2D eigenvalue weighted by atomic mass is 10.0. The summed E-state index contributed by atoms with van der Waals surface area (Å²) in [7, 11) is -1.60. The SMILES string of the molecule is CC1CCC[Si](C)(c2ccccc2)/C1=C\C=O. The van der Waals surface area contributed by atoms with Crippen molar-refractivity contribution in [2.24, 2.45) is 5.92 Å². The molecule has 0 amide bonds. The number of carbonyl (C=O) groups excluding carboxylic acids is 1. The molecule has 1 heterocycles. The Bertz CT molecular complexity index is 424. The van der Waals surface area contributed by atoms with Crippen molar-refractivity contribution in [3.8, 4) is 0 Å². The summed E-state index contributed by atoms with van der Waals surface area (Å²) in [5.74, 6) is 0.575. The van der Waals surface area contributed by atoms with Crippen LogP contribution in [0.25, 0.3) is 0 Å². The molecule has 0 aromatic heterocycles. The Kier molecular flexibility index (Phi) is 3.62. The van der Waals surface area contributed by atoms with E-state index < -0.39 is 8.07 Å². The fourth-order valence-electron chi connectivity index (χ4n) is 3.14. The van der Waals surface area contributed by atoms with E-state index in [2.05, 4.69) is 43.8 Å². The molecule has 1 aliphatic heterocycles. The zero-order valence-corrected chi connectivity index (χ0v) is 11.6. The van der Waals surface area contributed by atoms with E-state index in [9.17, 15) is 4.79 Å². The molecule has 1 nitrogen and oxygen atoms in total. The van der Waals surface area contributed by atoms with Gasteiger partial charge in [0.15, 0.2) is 0 Å². The van der Waals surface area contributed by atoms with Crippen LogP contribution in [0.3, 0.4) is 0 Å². The molecule has 0 spiro atoms. The summed E-state index contributed by atoms with van der Waals surface area (Å²) in [5.41, 5.74) is 0. The molecular weight excluding hydrogens is 224 g/mol.